The van der Waals surface area contributed by atoms with Crippen molar-refractivity contribution in [1.82, 2.24) is 24.6 Å². The molecule has 4 aromatic rings. The molecule has 28 heavy (non-hydrogen) atoms. The highest BCUT2D eigenvalue weighted by molar-refractivity contribution is 6.01. The molecule has 1 aliphatic carbocycles. The first-order valence-corrected chi connectivity index (χ1v) is 9.03. The van der Waals surface area contributed by atoms with Crippen molar-refractivity contribution in [3.8, 4) is 11.1 Å². The van der Waals surface area contributed by atoms with Crippen LogP contribution in [0, 0.1) is 0 Å². The lowest BCUT2D eigenvalue weighted by Gasteiger charge is -2.34. The molecule has 4 aromatic heterocycles. The number of hydrogen-bond donors (Lipinski definition) is 3. The molecular formula is C19H19N7O2. The number of pyridine rings is 1. The summed E-state index contributed by atoms with van der Waals surface area (Å²) in [5.74, 6) is 0.0968. The van der Waals surface area contributed by atoms with Crippen molar-refractivity contribution in [2.45, 2.75) is 25.0 Å². The number of rotatable bonds is 5. The van der Waals surface area contributed by atoms with Gasteiger partial charge in [0.1, 0.15) is 5.65 Å². The van der Waals surface area contributed by atoms with E-state index < -0.39 is 5.91 Å². The van der Waals surface area contributed by atoms with Crippen LogP contribution in [0.5, 0.6) is 0 Å². The molecule has 142 valence electrons. The number of anilines is 1. The lowest BCUT2D eigenvalue weighted by atomic mass is 9.89. The zero-order valence-electron chi connectivity index (χ0n) is 15.2. The molecule has 1 aliphatic rings. The van der Waals surface area contributed by atoms with E-state index in [2.05, 4.69) is 25.4 Å². The second-order valence-corrected chi connectivity index (χ2v) is 7.00. The van der Waals surface area contributed by atoms with Gasteiger partial charge >= 0.3 is 0 Å². The molecule has 0 atom stereocenters. The first kappa shape index (κ1) is 16.7. The van der Waals surface area contributed by atoms with Gasteiger partial charge in [0, 0.05) is 42.7 Å². The minimum absolute atomic E-state index is 0.321. The lowest BCUT2D eigenvalue weighted by molar-refractivity contribution is 0.0327. The van der Waals surface area contributed by atoms with E-state index in [-0.39, 0.29) is 0 Å². The Hall–Kier alpha value is -3.46. The number of aromatic nitrogens is 5. The minimum atomic E-state index is -0.503. The summed E-state index contributed by atoms with van der Waals surface area (Å²) in [6.07, 6.45) is 9.21. The average molecular weight is 377 g/mol. The molecule has 9 nitrogen and oxygen atoms in total. The van der Waals surface area contributed by atoms with Gasteiger partial charge in [-0.15, -0.1) is 0 Å². The molecule has 0 aliphatic heterocycles. The van der Waals surface area contributed by atoms with Gasteiger partial charge in [0.2, 0.25) is 5.95 Å². The van der Waals surface area contributed by atoms with Crippen LogP contribution in [0.4, 0.5) is 5.95 Å². The zero-order chi connectivity index (χ0) is 19.3. The zero-order valence-corrected chi connectivity index (χ0v) is 15.2. The largest absolute Gasteiger partial charge is 0.381 e. The fraction of sp³-hybridized carbons (Fsp3) is 0.263. The molecule has 0 bridgehead atoms. The van der Waals surface area contributed by atoms with E-state index in [0.29, 0.717) is 29.2 Å². The Bertz CT molecular complexity index is 1190. The van der Waals surface area contributed by atoms with Crippen molar-refractivity contribution < 1.29 is 9.53 Å². The van der Waals surface area contributed by atoms with Gasteiger partial charge in [-0.1, -0.05) is 0 Å². The van der Waals surface area contributed by atoms with E-state index in [1.54, 1.807) is 24.0 Å². The first-order valence-electron chi connectivity index (χ1n) is 9.03. The summed E-state index contributed by atoms with van der Waals surface area (Å²) in [5.41, 5.74) is 9.11. The number of nitrogens with one attached hydrogen (secondary N) is 2. The number of nitrogens with zero attached hydrogens (tertiary/aromatic N) is 4. The number of hydrogen-bond acceptors (Lipinski definition) is 6. The third-order valence-corrected chi connectivity index (χ3v) is 5.29. The number of nitrogens with two attached hydrogens (primary N) is 1. The van der Waals surface area contributed by atoms with Crippen LogP contribution in [0.25, 0.3) is 27.7 Å². The summed E-state index contributed by atoms with van der Waals surface area (Å²) in [6, 6.07) is 4.16. The number of carbonyl (C=O) groups is 1. The first-order chi connectivity index (χ1) is 13.6. The Morgan fingerprint density at radius 3 is 3.04 bits per heavy atom. The van der Waals surface area contributed by atoms with Crippen LogP contribution in [0.3, 0.4) is 0 Å². The molecule has 1 fully saturated rings. The maximum absolute atomic E-state index is 11.6. The monoisotopic (exact) mass is 377 g/mol. The lowest BCUT2D eigenvalue weighted by Crippen LogP contribution is -2.40. The topological polar surface area (TPSA) is 123 Å². The van der Waals surface area contributed by atoms with Gasteiger partial charge in [0.05, 0.1) is 23.4 Å². The number of ether oxygens (including phenoxy) is 1. The van der Waals surface area contributed by atoms with Crippen LogP contribution >= 0.6 is 0 Å². The molecule has 1 amide bonds. The molecule has 4 N–H and O–H groups in total. The maximum Gasteiger partial charge on any atom is 0.252 e. The molecule has 0 aromatic carbocycles. The Morgan fingerprint density at radius 1 is 1.39 bits per heavy atom. The minimum Gasteiger partial charge on any atom is -0.381 e. The molecular weight excluding hydrogens is 358 g/mol. The van der Waals surface area contributed by atoms with Gasteiger partial charge in [0.25, 0.3) is 5.91 Å². The number of carbonyl (C=O) groups excluding carboxylic acids is 1. The molecule has 5 rings (SSSR count). The Labute approximate surface area is 159 Å². The summed E-state index contributed by atoms with van der Waals surface area (Å²) in [5, 5.41) is 8.40. The number of methoxy groups -OCH3 is 1. The Kier molecular flexibility index (Phi) is 3.76. The molecule has 0 unspecified atom stereocenters. The Morgan fingerprint density at radius 2 is 2.25 bits per heavy atom. The predicted molar refractivity (Wildman–Crippen MR) is 104 cm³/mol. The molecule has 0 saturated heterocycles. The standard InChI is InChI=1S/C19H19N7O2/c1-28-12-5-11(6-12)24-19-22-8-14-13(7-21-18(14)25-19)10-2-3-26-16(4-10)15(9-23-26)17(20)27/h2-4,7-9,11-12H,5-6H2,1H3,(H2,20,27)(H2,21,22,24,25). The summed E-state index contributed by atoms with van der Waals surface area (Å²) >= 11 is 0. The van der Waals surface area contributed by atoms with E-state index in [0.717, 1.165) is 35.0 Å². The van der Waals surface area contributed by atoms with Gasteiger partial charge in [0.15, 0.2) is 0 Å². The highest BCUT2D eigenvalue weighted by Gasteiger charge is 2.29. The van der Waals surface area contributed by atoms with Crippen LogP contribution in [-0.2, 0) is 4.74 Å². The van der Waals surface area contributed by atoms with Crippen molar-refractivity contribution in [2.24, 2.45) is 5.73 Å². The maximum atomic E-state index is 11.6. The van der Waals surface area contributed by atoms with Crippen molar-refractivity contribution in [1.29, 1.82) is 0 Å². The summed E-state index contributed by atoms with van der Waals surface area (Å²) in [7, 11) is 1.73. The predicted octanol–water partition coefficient (Wildman–Crippen LogP) is 1.96. The molecule has 1 saturated carbocycles. The van der Waals surface area contributed by atoms with E-state index >= 15 is 0 Å². The van der Waals surface area contributed by atoms with E-state index in [9.17, 15) is 4.79 Å². The van der Waals surface area contributed by atoms with E-state index in [1.807, 2.05) is 18.3 Å². The second kappa shape index (κ2) is 6.31. The third kappa shape index (κ3) is 2.67. The van der Waals surface area contributed by atoms with Gasteiger partial charge in [-0.3, -0.25) is 4.79 Å². The highest BCUT2D eigenvalue weighted by atomic mass is 16.5. The van der Waals surface area contributed by atoms with E-state index in [1.165, 1.54) is 6.20 Å². The molecule has 0 spiro atoms. The average Bonchev–Trinajstić information content (AvgIpc) is 3.27. The third-order valence-electron chi connectivity index (χ3n) is 5.29. The smallest absolute Gasteiger partial charge is 0.252 e. The van der Waals surface area contributed by atoms with Crippen LogP contribution in [0.1, 0.15) is 23.2 Å². The summed E-state index contributed by atoms with van der Waals surface area (Å²) in [6.45, 7) is 0. The molecule has 9 heteroatoms. The van der Waals surface area contributed by atoms with Gasteiger partial charge in [-0.05, 0) is 30.5 Å². The fourth-order valence-electron chi connectivity index (χ4n) is 3.61. The summed E-state index contributed by atoms with van der Waals surface area (Å²) < 4.78 is 6.93. The van der Waals surface area contributed by atoms with Gasteiger partial charge in [-0.25, -0.2) is 9.50 Å². The number of primary amides is 1. The molecule has 0 radical (unpaired) electrons. The van der Waals surface area contributed by atoms with Crippen molar-refractivity contribution in [3.63, 3.8) is 0 Å². The fourth-order valence-corrected chi connectivity index (χ4v) is 3.61. The normalized spacial score (nSPS) is 19.0. The van der Waals surface area contributed by atoms with Crippen molar-refractivity contribution in [2.75, 3.05) is 12.4 Å². The number of aromatic amines is 1. The van der Waals surface area contributed by atoms with Gasteiger partial charge in [-0.2, -0.15) is 10.1 Å². The Balaban J connectivity index is 1.47. The van der Waals surface area contributed by atoms with E-state index in [4.69, 9.17) is 10.5 Å². The van der Waals surface area contributed by atoms with Crippen LogP contribution in [0.2, 0.25) is 0 Å². The van der Waals surface area contributed by atoms with Crippen molar-refractivity contribution >= 4 is 28.4 Å². The van der Waals surface area contributed by atoms with Crippen LogP contribution in [0.15, 0.2) is 36.9 Å². The summed E-state index contributed by atoms with van der Waals surface area (Å²) in [4.78, 5) is 23.9. The SMILES string of the molecule is COC1CC(Nc2ncc3c(-c4ccn5ncc(C(N)=O)c5c4)c[nH]c3n2)C1. The second-order valence-electron chi connectivity index (χ2n) is 7.00. The van der Waals surface area contributed by atoms with Crippen LogP contribution < -0.4 is 11.1 Å². The quantitative estimate of drug-likeness (QED) is 0.488. The number of amides is 1. The number of H-pyrrole nitrogens is 1. The van der Waals surface area contributed by atoms with Crippen LogP contribution in [-0.4, -0.2) is 49.7 Å². The van der Waals surface area contributed by atoms with Crippen molar-refractivity contribution in [3.05, 3.63) is 42.5 Å². The van der Waals surface area contributed by atoms with Gasteiger partial charge < -0.3 is 20.8 Å². The number of fused-ring (bicyclic) bond motifs is 2. The molecule has 4 heterocycles. The highest BCUT2D eigenvalue weighted by Crippen LogP contribution is 2.30.